The molecule has 0 unspecified atom stereocenters. The molecule has 1 aliphatic heterocycles. The highest BCUT2D eigenvalue weighted by Gasteiger charge is 2.41. The minimum atomic E-state index is -0.903. The van der Waals surface area contributed by atoms with Crippen LogP contribution >= 0.6 is 0 Å². The Morgan fingerprint density at radius 3 is 2.74 bits per heavy atom. The molecule has 2 N–H and O–H groups in total. The third-order valence-electron chi connectivity index (χ3n) is 4.78. The number of benzene rings is 1. The van der Waals surface area contributed by atoms with Gasteiger partial charge in [-0.25, -0.2) is 8.78 Å². The first-order chi connectivity index (χ1) is 11.0. The molecular formula is C17H25F2NO3. The number of methoxy groups -OCH3 is 1. The third-order valence-corrected chi connectivity index (χ3v) is 4.78. The maximum Gasteiger partial charge on any atom is 0.167 e. The molecule has 0 saturated carbocycles. The number of halogens is 2. The molecule has 6 heteroatoms. The summed E-state index contributed by atoms with van der Waals surface area (Å²) in [4.78, 5) is 1.94. The summed E-state index contributed by atoms with van der Waals surface area (Å²) >= 11 is 0. The molecule has 1 saturated heterocycles. The zero-order chi connectivity index (χ0) is 17.0. The van der Waals surface area contributed by atoms with Crippen molar-refractivity contribution in [1.29, 1.82) is 0 Å². The van der Waals surface area contributed by atoms with Crippen molar-refractivity contribution in [1.82, 2.24) is 4.90 Å². The predicted molar refractivity (Wildman–Crippen MR) is 83.2 cm³/mol. The van der Waals surface area contributed by atoms with Crippen molar-refractivity contribution < 1.29 is 23.7 Å². The van der Waals surface area contributed by atoms with E-state index in [0.29, 0.717) is 31.7 Å². The highest BCUT2D eigenvalue weighted by Crippen LogP contribution is 2.36. The molecule has 0 amide bonds. The highest BCUT2D eigenvalue weighted by molar-refractivity contribution is 5.35. The molecule has 130 valence electrons. The standard InChI is InChI=1S/C17H25F2NO3/c1-3-7-17(11-21)10-20(8-6-15(17)22)9-12-14(23-2)5-4-13(18)16(12)19/h4-5,15,21-22H,3,6-11H2,1-2H3/t15-,17-/m0/s1. The van der Waals surface area contributed by atoms with Crippen LogP contribution in [0.2, 0.25) is 0 Å². The van der Waals surface area contributed by atoms with Crippen LogP contribution in [0.15, 0.2) is 12.1 Å². The molecule has 0 radical (unpaired) electrons. The Hall–Kier alpha value is -1.24. The normalized spacial score (nSPS) is 25.6. The second-order valence-electron chi connectivity index (χ2n) is 6.33. The molecule has 2 atom stereocenters. The minimum absolute atomic E-state index is 0.124. The lowest BCUT2D eigenvalue weighted by Gasteiger charge is -2.45. The van der Waals surface area contributed by atoms with E-state index in [9.17, 15) is 19.0 Å². The van der Waals surface area contributed by atoms with Crippen LogP contribution in [-0.2, 0) is 6.54 Å². The van der Waals surface area contributed by atoms with Crippen LogP contribution < -0.4 is 4.74 Å². The SMILES string of the molecule is CCC[C@@]1(CO)CN(Cc2c(OC)ccc(F)c2F)CC[C@@H]1O. The number of rotatable bonds is 6. The van der Waals surface area contributed by atoms with Gasteiger partial charge < -0.3 is 14.9 Å². The molecular weight excluding hydrogens is 304 g/mol. The van der Waals surface area contributed by atoms with E-state index < -0.39 is 23.2 Å². The van der Waals surface area contributed by atoms with E-state index in [0.717, 1.165) is 12.5 Å². The van der Waals surface area contributed by atoms with Crippen molar-refractivity contribution in [2.75, 3.05) is 26.8 Å². The monoisotopic (exact) mass is 329 g/mol. The van der Waals surface area contributed by atoms with Gasteiger partial charge in [0.15, 0.2) is 11.6 Å². The Morgan fingerprint density at radius 2 is 2.13 bits per heavy atom. The van der Waals surface area contributed by atoms with E-state index in [-0.39, 0.29) is 18.7 Å². The van der Waals surface area contributed by atoms with Crippen molar-refractivity contribution >= 4 is 0 Å². The zero-order valence-corrected chi connectivity index (χ0v) is 13.7. The highest BCUT2D eigenvalue weighted by atomic mass is 19.2. The number of likely N-dealkylation sites (tertiary alicyclic amines) is 1. The second-order valence-corrected chi connectivity index (χ2v) is 6.33. The topological polar surface area (TPSA) is 52.9 Å². The number of nitrogens with zero attached hydrogens (tertiary/aromatic N) is 1. The molecule has 1 fully saturated rings. The number of hydrogen-bond acceptors (Lipinski definition) is 4. The van der Waals surface area contributed by atoms with Crippen LogP contribution in [0.1, 0.15) is 31.7 Å². The molecule has 0 bridgehead atoms. The van der Waals surface area contributed by atoms with E-state index in [1.54, 1.807) is 0 Å². The quantitative estimate of drug-likeness (QED) is 0.841. The Kier molecular flexibility index (Phi) is 5.95. The zero-order valence-electron chi connectivity index (χ0n) is 13.7. The number of ether oxygens (including phenoxy) is 1. The van der Waals surface area contributed by atoms with E-state index in [1.165, 1.54) is 13.2 Å². The summed E-state index contributed by atoms with van der Waals surface area (Å²) in [6, 6.07) is 2.46. The molecule has 2 rings (SSSR count). The number of aliphatic hydroxyl groups excluding tert-OH is 2. The second kappa shape index (κ2) is 7.55. The summed E-state index contributed by atoms with van der Waals surface area (Å²) in [5.74, 6) is -1.50. The van der Waals surface area contributed by atoms with E-state index in [4.69, 9.17) is 4.74 Å². The van der Waals surface area contributed by atoms with Crippen molar-refractivity contribution in [3.05, 3.63) is 29.3 Å². The Bertz CT molecular complexity index is 541. The molecule has 0 aliphatic carbocycles. The Morgan fingerprint density at radius 1 is 1.39 bits per heavy atom. The van der Waals surface area contributed by atoms with Gasteiger partial charge in [0.2, 0.25) is 0 Å². The summed E-state index contributed by atoms with van der Waals surface area (Å²) in [6.07, 6.45) is 1.44. The van der Waals surface area contributed by atoms with Gasteiger partial charge in [-0.15, -0.1) is 0 Å². The van der Waals surface area contributed by atoms with Crippen LogP contribution in [0.3, 0.4) is 0 Å². The number of piperidine rings is 1. The lowest BCUT2D eigenvalue weighted by Crippen LogP contribution is -2.53. The molecule has 0 spiro atoms. The molecule has 1 aromatic rings. The fraction of sp³-hybridized carbons (Fsp3) is 0.647. The van der Waals surface area contributed by atoms with Gasteiger partial charge in [-0.1, -0.05) is 13.3 Å². The summed E-state index contributed by atoms with van der Waals surface area (Å²) < 4.78 is 32.8. The molecule has 1 heterocycles. The van der Waals surface area contributed by atoms with Crippen LogP contribution in [0, 0.1) is 17.0 Å². The lowest BCUT2D eigenvalue weighted by atomic mass is 9.74. The predicted octanol–water partition coefficient (Wildman–Crippen LogP) is 2.32. The molecule has 1 aliphatic rings. The third kappa shape index (κ3) is 3.65. The van der Waals surface area contributed by atoms with Crippen LogP contribution in [-0.4, -0.2) is 48.0 Å². The largest absolute Gasteiger partial charge is 0.496 e. The van der Waals surface area contributed by atoms with Crippen LogP contribution in [0.5, 0.6) is 5.75 Å². The van der Waals surface area contributed by atoms with Gasteiger partial charge in [-0.3, -0.25) is 4.90 Å². The summed E-state index contributed by atoms with van der Waals surface area (Å²) in [5, 5.41) is 20.1. The van der Waals surface area contributed by atoms with Gasteiger partial charge in [0.05, 0.1) is 19.8 Å². The molecule has 4 nitrogen and oxygen atoms in total. The minimum Gasteiger partial charge on any atom is -0.496 e. The first-order valence-electron chi connectivity index (χ1n) is 7.99. The van der Waals surface area contributed by atoms with Gasteiger partial charge >= 0.3 is 0 Å². The van der Waals surface area contributed by atoms with Crippen molar-refractivity contribution in [3.63, 3.8) is 0 Å². The van der Waals surface area contributed by atoms with Gasteiger partial charge in [-0.2, -0.15) is 0 Å². The van der Waals surface area contributed by atoms with Crippen LogP contribution in [0.4, 0.5) is 8.78 Å². The number of aliphatic hydroxyl groups is 2. The van der Waals surface area contributed by atoms with Gasteiger partial charge in [0.25, 0.3) is 0 Å². The molecule has 1 aromatic carbocycles. The van der Waals surface area contributed by atoms with Gasteiger partial charge in [-0.05, 0) is 25.0 Å². The van der Waals surface area contributed by atoms with E-state index in [1.807, 2.05) is 11.8 Å². The Balaban J connectivity index is 2.22. The number of hydrogen-bond donors (Lipinski definition) is 2. The van der Waals surface area contributed by atoms with Gasteiger partial charge in [0, 0.05) is 30.6 Å². The van der Waals surface area contributed by atoms with Crippen molar-refractivity contribution in [3.8, 4) is 5.75 Å². The Labute approximate surface area is 135 Å². The van der Waals surface area contributed by atoms with E-state index >= 15 is 0 Å². The summed E-state index contributed by atoms with van der Waals surface area (Å²) in [6.45, 7) is 3.06. The maximum absolute atomic E-state index is 14.1. The molecule has 23 heavy (non-hydrogen) atoms. The van der Waals surface area contributed by atoms with E-state index in [2.05, 4.69) is 0 Å². The van der Waals surface area contributed by atoms with Gasteiger partial charge in [0.1, 0.15) is 5.75 Å². The smallest absolute Gasteiger partial charge is 0.167 e. The van der Waals surface area contributed by atoms with Crippen LogP contribution in [0.25, 0.3) is 0 Å². The van der Waals surface area contributed by atoms with Crippen molar-refractivity contribution in [2.45, 2.75) is 38.8 Å². The fourth-order valence-corrected chi connectivity index (χ4v) is 3.49. The average molecular weight is 329 g/mol. The average Bonchev–Trinajstić information content (AvgIpc) is 2.55. The fourth-order valence-electron chi connectivity index (χ4n) is 3.49. The molecule has 0 aromatic heterocycles. The lowest BCUT2D eigenvalue weighted by molar-refractivity contribution is -0.0822. The first-order valence-corrected chi connectivity index (χ1v) is 7.99. The van der Waals surface area contributed by atoms with Crippen molar-refractivity contribution in [2.24, 2.45) is 5.41 Å². The first kappa shape index (κ1) is 18.1. The summed E-state index contributed by atoms with van der Waals surface area (Å²) in [5.41, 5.74) is -0.434. The maximum atomic E-state index is 14.1. The summed E-state index contributed by atoms with van der Waals surface area (Å²) in [7, 11) is 1.42.